The largest absolute Gasteiger partial charge is 0.364 e. The maximum Gasteiger partial charge on any atom is 0.297 e. The summed E-state index contributed by atoms with van der Waals surface area (Å²) >= 11 is 0. The summed E-state index contributed by atoms with van der Waals surface area (Å²) in [6.07, 6.45) is 1.98. The van der Waals surface area contributed by atoms with Gasteiger partial charge >= 0.3 is 0 Å². The van der Waals surface area contributed by atoms with Gasteiger partial charge < -0.3 is 10.2 Å². The Hall–Kier alpha value is -2.30. The van der Waals surface area contributed by atoms with Crippen molar-refractivity contribution >= 4 is 0 Å². The fourth-order valence-electron chi connectivity index (χ4n) is 2.75. The van der Waals surface area contributed by atoms with Gasteiger partial charge in [0.2, 0.25) is 0 Å². The van der Waals surface area contributed by atoms with E-state index in [1.807, 2.05) is 48.2 Å². The predicted octanol–water partition coefficient (Wildman–Crippen LogP) is 2.04. The van der Waals surface area contributed by atoms with Crippen LogP contribution in [0.3, 0.4) is 0 Å². The minimum atomic E-state index is -0.284. The zero-order chi connectivity index (χ0) is 13.4. The van der Waals surface area contributed by atoms with Crippen molar-refractivity contribution in [3.8, 4) is 0 Å². The van der Waals surface area contributed by atoms with Crippen LogP contribution >= 0.6 is 0 Å². The van der Waals surface area contributed by atoms with Gasteiger partial charge in [-0.15, -0.1) is 0 Å². The molecule has 0 aliphatic carbocycles. The number of nitrogens with one attached hydrogen (secondary N) is 1. The lowest BCUT2D eigenvalue weighted by Crippen LogP contribution is -2.29. The van der Waals surface area contributed by atoms with E-state index in [2.05, 4.69) is 5.32 Å². The normalized spacial score (nSPS) is 21.8. The van der Waals surface area contributed by atoms with Crippen molar-refractivity contribution in [2.24, 2.45) is 0 Å². The molecule has 2 heterocycles. The molecule has 0 amide bonds. The van der Waals surface area contributed by atoms with E-state index in [0.29, 0.717) is 5.82 Å². The van der Waals surface area contributed by atoms with E-state index < -0.39 is 0 Å². The Morgan fingerprint density at radius 1 is 1.37 bits per heavy atom. The Bertz CT molecular complexity index is 578. The zero-order valence-electron chi connectivity index (χ0n) is 10.7. The quantitative estimate of drug-likeness (QED) is 0.650. The number of nitrogens with zero attached hydrogens (tertiary/aromatic N) is 2. The Morgan fingerprint density at radius 2 is 2.11 bits per heavy atom. The molecule has 5 nitrogen and oxygen atoms in total. The smallest absolute Gasteiger partial charge is 0.297 e. The van der Waals surface area contributed by atoms with Gasteiger partial charge in [-0.25, -0.2) is 0 Å². The van der Waals surface area contributed by atoms with Crippen LogP contribution in [0.2, 0.25) is 0 Å². The third kappa shape index (κ3) is 1.87. The highest BCUT2D eigenvalue weighted by Gasteiger charge is 2.38. The first-order valence-corrected chi connectivity index (χ1v) is 6.32. The second-order valence-electron chi connectivity index (χ2n) is 4.77. The Balaban J connectivity index is 2.12. The van der Waals surface area contributed by atoms with Gasteiger partial charge in [-0.05, 0) is 18.6 Å². The molecular formula is C14H15N3O2. The molecule has 1 aromatic rings. The average Bonchev–Trinajstić information content (AvgIpc) is 2.88. The van der Waals surface area contributed by atoms with Gasteiger partial charge in [-0.3, -0.25) is 10.1 Å². The highest BCUT2D eigenvalue weighted by Crippen LogP contribution is 2.36. The SMILES string of the molecule is CC1=CC(c2ccccc2)C([N+](=O)[O-])=C2NCCN12. The lowest BCUT2D eigenvalue weighted by molar-refractivity contribution is -0.431. The molecule has 3 rings (SSSR count). The second-order valence-corrected chi connectivity index (χ2v) is 4.77. The Kier molecular flexibility index (Phi) is 2.74. The van der Waals surface area contributed by atoms with Crippen molar-refractivity contribution in [2.75, 3.05) is 13.1 Å². The lowest BCUT2D eigenvalue weighted by Gasteiger charge is -2.27. The highest BCUT2D eigenvalue weighted by atomic mass is 16.6. The maximum atomic E-state index is 11.4. The predicted molar refractivity (Wildman–Crippen MR) is 71.7 cm³/mol. The van der Waals surface area contributed by atoms with Crippen LogP contribution in [0.4, 0.5) is 0 Å². The first-order chi connectivity index (χ1) is 9.18. The van der Waals surface area contributed by atoms with Crippen LogP contribution in [0.15, 0.2) is 53.6 Å². The molecule has 1 atom stereocenters. The summed E-state index contributed by atoms with van der Waals surface area (Å²) in [6.45, 7) is 3.54. The molecule has 2 aliphatic heterocycles. The Morgan fingerprint density at radius 3 is 2.79 bits per heavy atom. The number of allylic oxidation sites excluding steroid dienone is 2. The van der Waals surface area contributed by atoms with Crippen LogP contribution in [-0.4, -0.2) is 22.9 Å². The van der Waals surface area contributed by atoms with Crippen molar-refractivity contribution in [3.05, 3.63) is 69.3 Å². The topological polar surface area (TPSA) is 58.4 Å². The lowest BCUT2D eigenvalue weighted by atomic mass is 9.92. The summed E-state index contributed by atoms with van der Waals surface area (Å²) in [6, 6.07) is 9.61. The molecule has 1 aromatic carbocycles. The summed E-state index contributed by atoms with van der Waals surface area (Å²) in [7, 11) is 0. The van der Waals surface area contributed by atoms with Crippen LogP contribution in [-0.2, 0) is 0 Å². The van der Waals surface area contributed by atoms with Gasteiger partial charge in [-0.1, -0.05) is 30.3 Å². The molecule has 0 aromatic heterocycles. The highest BCUT2D eigenvalue weighted by molar-refractivity contribution is 5.38. The average molecular weight is 257 g/mol. The summed E-state index contributed by atoms with van der Waals surface area (Å²) in [5.41, 5.74) is 2.27. The number of benzene rings is 1. The summed E-state index contributed by atoms with van der Waals surface area (Å²) < 4.78 is 0. The number of hydrogen-bond donors (Lipinski definition) is 1. The number of hydrogen-bond acceptors (Lipinski definition) is 4. The summed E-state index contributed by atoms with van der Waals surface area (Å²) in [4.78, 5) is 13.2. The molecule has 0 saturated carbocycles. The molecule has 1 fully saturated rings. The van der Waals surface area contributed by atoms with Gasteiger partial charge in [0.1, 0.15) is 0 Å². The third-order valence-corrected chi connectivity index (χ3v) is 3.62. The number of nitro groups is 1. The van der Waals surface area contributed by atoms with E-state index in [1.54, 1.807) is 0 Å². The molecule has 0 spiro atoms. The zero-order valence-corrected chi connectivity index (χ0v) is 10.7. The van der Waals surface area contributed by atoms with Crippen LogP contribution in [0.1, 0.15) is 18.4 Å². The fourth-order valence-corrected chi connectivity index (χ4v) is 2.75. The molecule has 5 heteroatoms. The minimum absolute atomic E-state index is 0.245. The molecule has 19 heavy (non-hydrogen) atoms. The first-order valence-electron chi connectivity index (χ1n) is 6.32. The van der Waals surface area contributed by atoms with Crippen molar-refractivity contribution in [1.29, 1.82) is 0 Å². The maximum absolute atomic E-state index is 11.4. The van der Waals surface area contributed by atoms with Crippen LogP contribution in [0.25, 0.3) is 0 Å². The van der Waals surface area contributed by atoms with E-state index in [4.69, 9.17) is 0 Å². The third-order valence-electron chi connectivity index (χ3n) is 3.62. The molecular weight excluding hydrogens is 242 g/mol. The van der Waals surface area contributed by atoms with Crippen LogP contribution in [0, 0.1) is 10.1 Å². The van der Waals surface area contributed by atoms with Crippen molar-refractivity contribution in [1.82, 2.24) is 10.2 Å². The van der Waals surface area contributed by atoms with E-state index >= 15 is 0 Å². The van der Waals surface area contributed by atoms with Gasteiger partial charge in [0.25, 0.3) is 5.70 Å². The Labute approximate surface area is 111 Å². The van der Waals surface area contributed by atoms with Gasteiger partial charge in [0, 0.05) is 18.8 Å². The molecule has 1 saturated heterocycles. The standard InChI is InChI=1S/C14H15N3O2/c1-10-9-12(11-5-3-2-4-6-11)13(17(18)19)14-15-7-8-16(10)14/h2-6,9,12,15H,7-8H2,1H3. The summed E-state index contributed by atoms with van der Waals surface area (Å²) in [5, 5.41) is 14.6. The number of rotatable bonds is 2. The molecule has 0 radical (unpaired) electrons. The fraction of sp³-hybridized carbons (Fsp3) is 0.286. The van der Waals surface area contributed by atoms with Gasteiger partial charge in [0.15, 0.2) is 5.82 Å². The van der Waals surface area contributed by atoms with E-state index in [9.17, 15) is 10.1 Å². The van der Waals surface area contributed by atoms with Crippen LogP contribution in [0.5, 0.6) is 0 Å². The molecule has 0 bridgehead atoms. The second kappa shape index (κ2) is 4.42. The first kappa shape index (κ1) is 11.8. The van der Waals surface area contributed by atoms with E-state index in [0.717, 1.165) is 24.4 Å². The van der Waals surface area contributed by atoms with Crippen molar-refractivity contribution < 1.29 is 4.92 Å². The number of fused-ring (bicyclic) bond motifs is 1. The minimum Gasteiger partial charge on any atom is -0.364 e. The summed E-state index contributed by atoms with van der Waals surface area (Å²) in [5.74, 6) is 0.368. The van der Waals surface area contributed by atoms with Gasteiger partial charge in [0.05, 0.1) is 10.8 Å². The van der Waals surface area contributed by atoms with Gasteiger partial charge in [-0.2, -0.15) is 0 Å². The van der Waals surface area contributed by atoms with E-state index in [-0.39, 0.29) is 16.5 Å². The van der Waals surface area contributed by atoms with Crippen LogP contribution < -0.4 is 5.32 Å². The molecule has 1 unspecified atom stereocenters. The van der Waals surface area contributed by atoms with Crippen molar-refractivity contribution in [3.63, 3.8) is 0 Å². The monoisotopic (exact) mass is 257 g/mol. The van der Waals surface area contributed by atoms with E-state index in [1.165, 1.54) is 0 Å². The molecule has 2 aliphatic rings. The molecule has 98 valence electrons. The molecule has 1 N–H and O–H groups in total. The van der Waals surface area contributed by atoms with Crippen molar-refractivity contribution in [2.45, 2.75) is 12.8 Å².